The average molecular weight is 404 g/mol. The number of furan rings is 1. The van der Waals surface area contributed by atoms with Crippen molar-refractivity contribution < 1.29 is 21.3 Å². The molecule has 3 rings (SSSR count). The molecule has 1 aromatic carbocycles. The summed E-state index contributed by atoms with van der Waals surface area (Å²) in [7, 11) is -7.11. The normalized spacial score (nSPS) is 17.6. The molecule has 1 aliphatic heterocycles. The molecule has 2 heterocycles. The predicted octanol–water partition coefficient (Wildman–Crippen LogP) is 2.70. The zero-order valence-corrected chi connectivity index (χ0v) is 15.7. The molecule has 0 atom stereocenters. The number of sulfonamides is 1. The van der Waals surface area contributed by atoms with Crippen LogP contribution in [-0.4, -0.2) is 39.5 Å². The number of hydrogen-bond donors (Lipinski definition) is 0. The minimum absolute atomic E-state index is 0.0496. The lowest BCUT2D eigenvalue weighted by molar-refractivity contribution is 0.345. The molecule has 2 aromatic rings. The van der Waals surface area contributed by atoms with E-state index in [-0.39, 0.29) is 41.6 Å². The minimum Gasteiger partial charge on any atom is -0.468 e. The first-order valence-electron chi connectivity index (χ1n) is 7.79. The summed E-state index contributed by atoms with van der Waals surface area (Å²) in [5.41, 5.74) is 0. The zero-order valence-electron chi connectivity index (χ0n) is 13.3. The molecule has 0 bridgehead atoms. The molecular formula is C16H18ClNO5S2. The van der Waals surface area contributed by atoms with Crippen LogP contribution in [-0.2, 0) is 25.6 Å². The van der Waals surface area contributed by atoms with Crippen molar-refractivity contribution in [3.05, 3.63) is 53.4 Å². The second kappa shape index (κ2) is 7.11. The van der Waals surface area contributed by atoms with Gasteiger partial charge in [-0.15, -0.1) is 0 Å². The molecule has 1 aromatic heterocycles. The number of rotatable bonds is 5. The molecule has 6 nitrogen and oxygen atoms in total. The second-order valence-electron chi connectivity index (χ2n) is 5.92. The Labute approximate surface area is 152 Å². The first-order chi connectivity index (χ1) is 11.8. The number of nitrogens with zero attached hydrogens (tertiary/aromatic N) is 1. The van der Waals surface area contributed by atoms with Crippen LogP contribution < -0.4 is 0 Å². The molecule has 136 valence electrons. The van der Waals surface area contributed by atoms with Crippen molar-refractivity contribution in [2.24, 2.45) is 0 Å². The Hall–Kier alpha value is -1.35. The highest BCUT2D eigenvalue weighted by Gasteiger charge is 2.35. The SMILES string of the molecule is O=S(=O)(Cc1ccco1)C1CCN(S(=O)(=O)c2ccccc2Cl)CC1. The van der Waals surface area contributed by atoms with Crippen LogP contribution in [0.15, 0.2) is 52.0 Å². The standard InChI is InChI=1S/C16H18ClNO5S2/c17-15-5-1-2-6-16(15)25(21,22)18-9-7-14(8-10-18)24(19,20)12-13-4-3-11-23-13/h1-6,11,14H,7-10,12H2. The number of piperidine rings is 1. The highest BCUT2D eigenvalue weighted by atomic mass is 35.5. The van der Waals surface area contributed by atoms with Crippen molar-refractivity contribution in [3.8, 4) is 0 Å². The molecule has 1 fully saturated rings. The maximum absolute atomic E-state index is 12.7. The lowest BCUT2D eigenvalue weighted by Gasteiger charge is -2.31. The van der Waals surface area contributed by atoms with Crippen LogP contribution in [0.25, 0.3) is 0 Å². The largest absolute Gasteiger partial charge is 0.468 e. The summed E-state index contributed by atoms with van der Waals surface area (Å²) in [5.74, 6) is 0.230. The summed E-state index contributed by atoms with van der Waals surface area (Å²) < 4.78 is 56.8. The van der Waals surface area contributed by atoms with Crippen LogP contribution in [0.1, 0.15) is 18.6 Å². The number of halogens is 1. The van der Waals surface area contributed by atoms with Crippen LogP contribution in [0.2, 0.25) is 5.02 Å². The lowest BCUT2D eigenvalue weighted by Crippen LogP contribution is -2.42. The van der Waals surface area contributed by atoms with E-state index in [2.05, 4.69) is 0 Å². The van der Waals surface area contributed by atoms with Crippen molar-refractivity contribution in [1.29, 1.82) is 0 Å². The molecule has 0 radical (unpaired) electrons. The highest BCUT2D eigenvalue weighted by molar-refractivity contribution is 7.91. The molecule has 0 amide bonds. The van der Waals surface area contributed by atoms with E-state index in [0.29, 0.717) is 5.76 Å². The monoisotopic (exact) mass is 403 g/mol. The average Bonchev–Trinajstić information content (AvgIpc) is 3.07. The molecule has 0 saturated carbocycles. The third kappa shape index (κ3) is 3.92. The number of benzene rings is 1. The molecule has 1 aliphatic rings. The fourth-order valence-corrected chi connectivity index (χ4v) is 6.62. The number of hydrogen-bond acceptors (Lipinski definition) is 5. The third-order valence-electron chi connectivity index (χ3n) is 4.29. The first-order valence-corrected chi connectivity index (χ1v) is 11.3. The van der Waals surface area contributed by atoms with Gasteiger partial charge in [-0.3, -0.25) is 0 Å². The van der Waals surface area contributed by atoms with E-state index in [1.165, 1.54) is 22.7 Å². The predicted molar refractivity (Wildman–Crippen MR) is 94.6 cm³/mol. The third-order valence-corrected chi connectivity index (χ3v) is 8.86. The second-order valence-corrected chi connectivity index (χ2v) is 10.5. The van der Waals surface area contributed by atoms with Gasteiger partial charge in [-0.1, -0.05) is 23.7 Å². The summed E-state index contributed by atoms with van der Waals surface area (Å²) >= 11 is 6.00. The van der Waals surface area contributed by atoms with Crippen molar-refractivity contribution in [3.63, 3.8) is 0 Å². The lowest BCUT2D eigenvalue weighted by atomic mass is 10.2. The van der Waals surface area contributed by atoms with Gasteiger partial charge >= 0.3 is 0 Å². The molecule has 0 unspecified atom stereocenters. The van der Waals surface area contributed by atoms with Crippen molar-refractivity contribution in [1.82, 2.24) is 4.31 Å². The van der Waals surface area contributed by atoms with Gasteiger partial charge in [0, 0.05) is 13.1 Å². The van der Waals surface area contributed by atoms with E-state index in [1.54, 1.807) is 24.3 Å². The zero-order chi connectivity index (χ0) is 18.1. The Morgan fingerprint density at radius 3 is 2.32 bits per heavy atom. The van der Waals surface area contributed by atoms with E-state index < -0.39 is 25.1 Å². The van der Waals surface area contributed by atoms with Gasteiger partial charge in [0.25, 0.3) is 0 Å². The van der Waals surface area contributed by atoms with Crippen LogP contribution >= 0.6 is 11.6 Å². The van der Waals surface area contributed by atoms with Gasteiger partial charge in [0.1, 0.15) is 16.4 Å². The maximum Gasteiger partial charge on any atom is 0.244 e. The first kappa shape index (κ1) is 18.4. The van der Waals surface area contributed by atoms with Crippen LogP contribution in [0.4, 0.5) is 0 Å². The number of sulfone groups is 1. The van der Waals surface area contributed by atoms with E-state index in [9.17, 15) is 16.8 Å². The Kier molecular flexibility index (Phi) is 5.24. The van der Waals surface area contributed by atoms with Gasteiger partial charge in [0.05, 0.1) is 16.5 Å². The van der Waals surface area contributed by atoms with Gasteiger partial charge < -0.3 is 4.42 Å². The fraction of sp³-hybridized carbons (Fsp3) is 0.375. The van der Waals surface area contributed by atoms with Gasteiger partial charge in [0.2, 0.25) is 10.0 Å². The van der Waals surface area contributed by atoms with Gasteiger partial charge in [-0.05, 0) is 37.1 Å². The summed E-state index contributed by atoms with van der Waals surface area (Å²) in [6.07, 6.45) is 1.95. The Morgan fingerprint density at radius 2 is 1.72 bits per heavy atom. The Bertz CT molecular complexity index is 931. The van der Waals surface area contributed by atoms with Gasteiger partial charge in [-0.2, -0.15) is 4.31 Å². The fourth-order valence-electron chi connectivity index (χ4n) is 2.94. The van der Waals surface area contributed by atoms with Crippen LogP contribution in [0, 0.1) is 0 Å². The van der Waals surface area contributed by atoms with E-state index in [1.807, 2.05) is 0 Å². The van der Waals surface area contributed by atoms with Crippen molar-refractivity contribution in [2.75, 3.05) is 13.1 Å². The molecule has 0 spiro atoms. The molecule has 0 N–H and O–H groups in total. The summed E-state index contributed by atoms with van der Waals surface area (Å²) in [6, 6.07) is 9.51. The highest BCUT2D eigenvalue weighted by Crippen LogP contribution is 2.28. The van der Waals surface area contributed by atoms with Gasteiger partial charge in [-0.25, -0.2) is 16.8 Å². The van der Waals surface area contributed by atoms with Gasteiger partial charge in [0.15, 0.2) is 9.84 Å². The molecular weight excluding hydrogens is 386 g/mol. The smallest absolute Gasteiger partial charge is 0.244 e. The van der Waals surface area contributed by atoms with Crippen molar-refractivity contribution in [2.45, 2.75) is 28.7 Å². The molecule has 1 saturated heterocycles. The summed E-state index contributed by atoms with van der Waals surface area (Å²) in [5, 5.41) is -0.412. The summed E-state index contributed by atoms with van der Waals surface area (Å²) in [4.78, 5) is 0.0496. The van der Waals surface area contributed by atoms with Crippen molar-refractivity contribution >= 4 is 31.5 Å². The van der Waals surface area contributed by atoms with Crippen LogP contribution in [0.3, 0.4) is 0 Å². The summed E-state index contributed by atoms with van der Waals surface area (Å²) in [6.45, 7) is 0.297. The van der Waals surface area contributed by atoms with E-state index >= 15 is 0 Å². The van der Waals surface area contributed by atoms with Crippen LogP contribution in [0.5, 0.6) is 0 Å². The molecule has 9 heteroatoms. The minimum atomic E-state index is -3.72. The van der Waals surface area contributed by atoms with E-state index in [0.717, 1.165) is 0 Å². The Morgan fingerprint density at radius 1 is 1.04 bits per heavy atom. The maximum atomic E-state index is 12.7. The topological polar surface area (TPSA) is 84.7 Å². The van der Waals surface area contributed by atoms with E-state index in [4.69, 9.17) is 16.0 Å². The molecule has 0 aliphatic carbocycles. The quantitative estimate of drug-likeness (QED) is 0.766. The Balaban J connectivity index is 1.70. The molecule has 25 heavy (non-hydrogen) atoms.